The van der Waals surface area contributed by atoms with E-state index in [-0.39, 0.29) is 17.4 Å². The van der Waals surface area contributed by atoms with Gasteiger partial charge >= 0.3 is 0 Å². The summed E-state index contributed by atoms with van der Waals surface area (Å²) in [6.45, 7) is 1.79. The summed E-state index contributed by atoms with van der Waals surface area (Å²) >= 11 is 1.60. The molecule has 28 heavy (non-hydrogen) atoms. The van der Waals surface area contributed by atoms with Crippen molar-refractivity contribution in [2.24, 2.45) is 5.92 Å². The van der Waals surface area contributed by atoms with E-state index in [4.69, 9.17) is 4.52 Å². The molecule has 7 heteroatoms. The molecule has 1 aliphatic carbocycles. The third-order valence-corrected chi connectivity index (χ3v) is 6.05. The van der Waals surface area contributed by atoms with Crippen LogP contribution in [-0.2, 0) is 10.5 Å². The van der Waals surface area contributed by atoms with E-state index in [1.165, 1.54) is 17.1 Å². The predicted molar refractivity (Wildman–Crippen MR) is 110 cm³/mol. The van der Waals surface area contributed by atoms with Crippen molar-refractivity contribution in [2.45, 2.75) is 49.7 Å². The van der Waals surface area contributed by atoms with Gasteiger partial charge in [0.15, 0.2) is 5.65 Å². The number of nitrogens with one attached hydrogen (secondary N) is 1. The Balaban J connectivity index is 1.37. The van der Waals surface area contributed by atoms with Crippen LogP contribution in [0, 0.1) is 12.8 Å². The molecule has 2 aromatic heterocycles. The van der Waals surface area contributed by atoms with Gasteiger partial charge in [-0.2, -0.15) is 0 Å². The van der Waals surface area contributed by atoms with Crippen LogP contribution in [0.3, 0.4) is 0 Å². The van der Waals surface area contributed by atoms with Gasteiger partial charge in [0, 0.05) is 34.4 Å². The highest BCUT2D eigenvalue weighted by molar-refractivity contribution is 7.98. The summed E-state index contributed by atoms with van der Waals surface area (Å²) in [7, 11) is 0. The van der Waals surface area contributed by atoms with E-state index in [0.29, 0.717) is 22.9 Å². The molecule has 1 amide bonds. The first-order valence-electron chi connectivity index (χ1n) is 9.62. The zero-order valence-electron chi connectivity index (χ0n) is 15.8. The van der Waals surface area contributed by atoms with Gasteiger partial charge in [-0.15, -0.1) is 16.3 Å². The molecular weight excluding hydrogens is 374 g/mol. The van der Waals surface area contributed by atoms with E-state index >= 15 is 0 Å². The normalized spacial score (nSPS) is 15.0. The van der Waals surface area contributed by atoms with Crippen LogP contribution in [0.25, 0.3) is 5.65 Å². The number of carbonyl (C=O) groups is 1. The van der Waals surface area contributed by atoms with Crippen molar-refractivity contribution in [3.8, 4) is 0 Å². The van der Waals surface area contributed by atoms with Gasteiger partial charge in [-0.25, -0.2) is 4.98 Å². The Kier molecular flexibility index (Phi) is 5.52. The maximum atomic E-state index is 12.3. The van der Waals surface area contributed by atoms with Crippen molar-refractivity contribution >= 4 is 29.0 Å². The van der Waals surface area contributed by atoms with Gasteiger partial charge in [-0.1, -0.05) is 19.3 Å². The summed E-state index contributed by atoms with van der Waals surface area (Å²) in [4.78, 5) is 30.0. The number of anilines is 1. The third-order valence-electron chi connectivity index (χ3n) is 5.01. The summed E-state index contributed by atoms with van der Waals surface area (Å²) in [5.41, 5.74) is 1.85. The monoisotopic (exact) mass is 397 g/mol. The van der Waals surface area contributed by atoms with Crippen LogP contribution in [0.2, 0.25) is 0 Å². The van der Waals surface area contributed by atoms with Gasteiger partial charge in [0.05, 0.1) is 5.69 Å². The Bertz CT molecular complexity index is 1030. The summed E-state index contributed by atoms with van der Waals surface area (Å²) < 4.78 is 6.51. The van der Waals surface area contributed by atoms with Crippen LogP contribution in [0.1, 0.15) is 43.6 Å². The Morgan fingerprint density at radius 2 is 1.96 bits per heavy atom. The van der Waals surface area contributed by atoms with Crippen molar-refractivity contribution in [3.05, 3.63) is 58.2 Å². The number of nitrogens with zero attached hydrogens (tertiary/aromatic N) is 2. The Hall–Kier alpha value is -2.54. The summed E-state index contributed by atoms with van der Waals surface area (Å²) in [5.74, 6) is 1.52. The van der Waals surface area contributed by atoms with Crippen LogP contribution in [-0.4, -0.2) is 15.5 Å². The lowest BCUT2D eigenvalue weighted by Crippen LogP contribution is -2.24. The van der Waals surface area contributed by atoms with E-state index in [0.717, 1.165) is 36.3 Å². The number of amides is 1. The van der Waals surface area contributed by atoms with Gasteiger partial charge in [0.2, 0.25) is 5.91 Å². The predicted octanol–water partition coefficient (Wildman–Crippen LogP) is 4.41. The molecule has 0 bridgehead atoms. The molecule has 2 heterocycles. The minimum Gasteiger partial charge on any atom is -0.375 e. The van der Waals surface area contributed by atoms with Crippen molar-refractivity contribution < 1.29 is 9.32 Å². The Morgan fingerprint density at radius 3 is 2.71 bits per heavy atom. The lowest BCUT2D eigenvalue weighted by Gasteiger charge is -2.20. The van der Waals surface area contributed by atoms with E-state index in [1.54, 1.807) is 24.8 Å². The molecule has 146 valence electrons. The molecule has 4 rings (SSSR count). The summed E-state index contributed by atoms with van der Waals surface area (Å²) in [5, 5.41) is 3.03. The second-order valence-corrected chi connectivity index (χ2v) is 8.27. The lowest BCUT2D eigenvalue weighted by molar-refractivity contribution is -0.120. The molecule has 1 aliphatic rings. The first kappa shape index (κ1) is 18.8. The largest absolute Gasteiger partial charge is 0.375 e. The number of aromatic nitrogens is 2. The minimum absolute atomic E-state index is 0.133. The molecule has 6 nitrogen and oxygen atoms in total. The van der Waals surface area contributed by atoms with Crippen molar-refractivity contribution in [1.29, 1.82) is 0 Å². The third kappa shape index (κ3) is 4.30. The van der Waals surface area contributed by atoms with E-state index in [2.05, 4.69) is 10.3 Å². The zero-order chi connectivity index (χ0) is 19.5. The SMILES string of the molecule is Cc1cc2nc(CSc3ccc(NC(=O)C4CCCCC4)cc3)cc(=O)n2o1. The van der Waals surface area contributed by atoms with Gasteiger partial charge in [0.25, 0.3) is 5.56 Å². The maximum Gasteiger partial charge on any atom is 0.287 e. The molecule has 0 unspecified atom stereocenters. The molecule has 1 aromatic carbocycles. The quantitative estimate of drug-likeness (QED) is 0.646. The average Bonchev–Trinajstić information content (AvgIpc) is 3.09. The molecule has 0 spiro atoms. The number of thioether (sulfide) groups is 1. The van der Waals surface area contributed by atoms with Crippen molar-refractivity contribution in [2.75, 3.05) is 5.32 Å². The number of hydrogen-bond donors (Lipinski definition) is 1. The van der Waals surface area contributed by atoms with E-state index in [1.807, 2.05) is 24.3 Å². The van der Waals surface area contributed by atoms with E-state index < -0.39 is 0 Å². The number of benzene rings is 1. The Labute approximate surface area is 167 Å². The van der Waals surface area contributed by atoms with Crippen molar-refractivity contribution in [3.63, 3.8) is 0 Å². The minimum atomic E-state index is -0.213. The highest BCUT2D eigenvalue weighted by atomic mass is 32.2. The molecule has 3 aromatic rings. The smallest absolute Gasteiger partial charge is 0.287 e. The van der Waals surface area contributed by atoms with Crippen molar-refractivity contribution in [1.82, 2.24) is 9.56 Å². The molecular formula is C21H23N3O3S. The Morgan fingerprint density at radius 1 is 1.21 bits per heavy atom. The number of carbonyl (C=O) groups excluding carboxylic acids is 1. The fourth-order valence-corrected chi connectivity index (χ4v) is 4.34. The average molecular weight is 398 g/mol. The van der Waals surface area contributed by atoms with Gasteiger partial charge in [-0.3, -0.25) is 9.59 Å². The van der Waals surface area contributed by atoms with Gasteiger partial charge < -0.3 is 9.84 Å². The number of fused-ring (bicyclic) bond motifs is 1. The molecule has 0 saturated heterocycles. The number of aryl methyl sites for hydroxylation is 1. The highest BCUT2D eigenvalue weighted by Crippen LogP contribution is 2.26. The second kappa shape index (κ2) is 8.22. The topological polar surface area (TPSA) is 76.6 Å². The van der Waals surface area contributed by atoms with Gasteiger partial charge in [-0.05, 0) is 44.0 Å². The van der Waals surface area contributed by atoms with Crippen LogP contribution in [0.5, 0.6) is 0 Å². The first-order valence-corrected chi connectivity index (χ1v) is 10.6. The first-order chi connectivity index (χ1) is 13.6. The standard InChI is InChI=1S/C21H23N3O3S/c1-14-11-19-22-17(12-20(25)24(19)27-14)13-28-18-9-7-16(8-10-18)23-21(26)15-5-3-2-4-6-15/h7-12,15H,2-6,13H2,1H3,(H,23,26). The van der Waals surface area contributed by atoms with E-state index in [9.17, 15) is 9.59 Å². The fourth-order valence-electron chi connectivity index (χ4n) is 3.55. The summed E-state index contributed by atoms with van der Waals surface area (Å²) in [6.07, 6.45) is 5.52. The molecule has 1 saturated carbocycles. The molecule has 1 N–H and O–H groups in total. The molecule has 1 fully saturated rings. The molecule has 0 aliphatic heterocycles. The van der Waals surface area contributed by atoms with Crippen LogP contribution < -0.4 is 10.9 Å². The number of hydrogen-bond acceptors (Lipinski definition) is 5. The van der Waals surface area contributed by atoms with Crippen LogP contribution in [0.15, 0.2) is 50.6 Å². The number of rotatable bonds is 5. The molecule has 0 radical (unpaired) electrons. The lowest BCUT2D eigenvalue weighted by atomic mass is 9.88. The van der Waals surface area contributed by atoms with Crippen LogP contribution in [0.4, 0.5) is 5.69 Å². The highest BCUT2D eigenvalue weighted by Gasteiger charge is 2.20. The summed E-state index contributed by atoms with van der Waals surface area (Å²) in [6, 6.07) is 11.1. The zero-order valence-corrected chi connectivity index (χ0v) is 16.6. The van der Waals surface area contributed by atoms with Gasteiger partial charge in [0.1, 0.15) is 5.76 Å². The van der Waals surface area contributed by atoms with Crippen LogP contribution >= 0.6 is 11.8 Å². The second-order valence-electron chi connectivity index (χ2n) is 7.22. The fraction of sp³-hybridized carbons (Fsp3) is 0.381. The molecule has 0 atom stereocenters. The maximum absolute atomic E-state index is 12.3.